The monoisotopic (exact) mass is 1060 g/mol. The van der Waals surface area contributed by atoms with E-state index >= 15 is 0 Å². The largest absolute Gasteiger partial charge is 0.391 e. The van der Waals surface area contributed by atoms with Gasteiger partial charge in [-0.05, 0) is 75.1 Å². The molecule has 15 nitrogen and oxygen atoms in total. The van der Waals surface area contributed by atoms with Crippen molar-refractivity contribution in [1.29, 1.82) is 0 Å². The number of aliphatic hydroxyl groups excluding tert-OH is 1. The number of amides is 4. The summed E-state index contributed by atoms with van der Waals surface area (Å²) in [6.45, 7) is 13.3. The van der Waals surface area contributed by atoms with Crippen LogP contribution in [0.25, 0.3) is 10.4 Å². The van der Waals surface area contributed by atoms with Crippen LogP contribution < -0.4 is 32.3 Å². The molecule has 6 rings (SSSR count). The molecule has 2 aliphatic heterocycles. The van der Waals surface area contributed by atoms with E-state index in [0.29, 0.717) is 34.4 Å². The highest BCUT2D eigenvalue weighted by Gasteiger charge is 2.44. The molecule has 4 atom stereocenters. The summed E-state index contributed by atoms with van der Waals surface area (Å²) >= 11 is 9.66. The number of benzene rings is 2. The molecule has 0 radical (unpaired) electrons. The zero-order chi connectivity index (χ0) is 52.7. The van der Waals surface area contributed by atoms with Crippen molar-refractivity contribution in [3.63, 3.8) is 0 Å². The van der Waals surface area contributed by atoms with Crippen molar-refractivity contribution in [1.82, 2.24) is 30.5 Å². The summed E-state index contributed by atoms with van der Waals surface area (Å²) in [5.74, 6) is 0.145. The molecule has 2 fully saturated rings. The SMILES string of the molecule is Cc1ncsc1-c1ccc([C@@H](C)NC(=O)[C@H]2C[C@H](O)CN2C(=O)[C@H](NC(=O)CCCCCCCCCCCCCCC(=O)Nc2cccc(Sc3ncc(N4CCC(C)(N)CC4)nc3N)c2Cl)C(C)(C)C)cc1. The van der Waals surface area contributed by atoms with Gasteiger partial charge in [0.1, 0.15) is 22.9 Å². The first-order chi connectivity index (χ1) is 34.8. The number of nitrogens with zero attached hydrogens (tertiary/aromatic N) is 5. The van der Waals surface area contributed by atoms with E-state index in [4.69, 9.17) is 23.1 Å². The van der Waals surface area contributed by atoms with Crippen LogP contribution in [0.5, 0.6) is 0 Å². The Balaban J connectivity index is 0.801. The molecular formula is C55H79ClN10O5S2. The van der Waals surface area contributed by atoms with Crippen LogP contribution in [0, 0.1) is 12.3 Å². The summed E-state index contributed by atoms with van der Waals surface area (Å²) in [7, 11) is 0. The summed E-state index contributed by atoms with van der Waals surface area (Å²) in [5.41, 5.74) is 17.2. The number of carbonyl (C=O) groups is 4. The topological polar surface area (TPSA) is 222 Å². The van der Waals surface area contributed by atoms with Crippen LogP contribution in [-0.2, 0) is 19.2 Å². The number of β-amino-alcohol motifs (C(OH)–C–C–N with tert-alkyl or cyclic N) is 1. The lowest BCUT2D eigenvalue weighted by Crippen LogP contribution is -2.57. The average molecular weight is 1060 g/mol. The van der Waals surface area contributed by atoms with Crippen LogP contribution in [0.2, 0.25) is 5.02 Å². The van der Waals surface area contributed by atoms with Gasteiger partial charge in [-0.15, -0.1) is 11.3 Å². The Labute approximate surface area is 446 Å². The predicted molar refractivity (Wildman–Crippen MR) is 296 cm³/mol. The Morgan fingerprint density at radius 2 is 1.49 bits per heavy atom. The molecule has 73 heavy (non-hydrogen) atoms. The average Bonchev–Trinajstić information content (AvgIpc) is 3.97. The fraction of sp³-hybridized carbons (Fsp3) is 0.582. The second-order valence-corrected chi connectivity index (χ2v) is 23.7. The van der Waals surface area contributed by atoms with Crippen molar-refractivity contribution in [2.24, 2.45) is 11.1 Å². The van der Waals surface area contributed by atoms with Crippen LogP contribution in [0.1, 0.15) is 161 Å². The van der Waals surface area contributed by atoms with E-state index < -0.39 is 23.6 Å². The van der Waals surface area contributed by atoms with Crippen molar-refractivity contribution >= 4 is 75.7 Å². The number of nitrogens with one attached hydrogen (secondary N) is 3. The van der Waals surface area contributed by atoms with Crippen molar-refractivity contribution in [3.8, 4) is 10.4 Å². The van der Waals surface area contributed by atoms with Gasteiger partial charge in [-0.1, -0.05) is 139 Å². The highest BCUT2D eigenvalue weighted by atomic mass is 35.5. The Morgan fingerprint density at radius 1 is 0.890 bits per heavy atom. The molecule has 0 bridgehead atoms. The minimum Gasteiger partial charge on any atom is -0.391 e. The fourth-order valence-corrected chi connectivity index (χ4v) is 11.4. The number of thiazole rings is 1. The summed E-state index contributed by atoms with van der Waals surface area (Å²) in [4.78, 5) is 72.8. The minimum atomic E-state index is -0.846. The van der Waals surface area contributed by atoms with E-state index in [1.165, 1.54) is 35.9 Å². The van der Waals surface area contributed by atoms with Crippen LogP contribution in [0.3, 0.4) is 0 Å². The zero-order valence-electron chi connectivity index (χ0n) is 43.8. The van der Waals surface area contributed by atoms with Crippen LogP contribution in [0.4, 0.5) is 17.3 Å². The minimum absolute atomic E-state index is 0.0337. The number of hydrogen-bond donors (Lipinski definition) is 6. The molecule has 0 aliphatic carbocycles. The second kappa shape index (κ2) is 27.1. The van der Waals surface area contributed by atoms with Gasteiger partial charge in [0.25, 0.3) is 0 Å². The lowest BCUT2D eigenvalue weighted by molar-refractivity contribution is -0.144. The number of nitrogens with two attached hydrogens (primary N) is 2. The maximum absolute atomic E-state index is 14.1. The molecule has 4 amide bonds. The van der Waals surface area contributed by atoms with E-state index in [1.807, 2.05) is 76.5 Å². The third-order valence-corrected chi connectivity index (χ3v) is 16.6. The number of nitrogen functional groups attached to an aromatic ring is 1. The van der Waals surface area contributed by atoms with Crippen molar-refractivity contribution in [3.05, 3.63) is 70.5 Å². The first-order valence-electron chi connectivity index (χ1n) is 26.3. The van der Waals surface area contributed by atoms with Gasteiger partial charge >= 0.3 is 0 Å². The molecule has 4 aromatic rings. The van der Waals surface area contributed by atoms with E-state index in [0.717, 1.165) is 116 Å². The number of aromatic nitrogens is 3. The highest BCUT2D eigenvalue weighted by molar-refractivity contribution is 7.99. The maximum atomic E-state index is 14.1. The van der Waals surface area contributed by atoms with Gasteiger partial charge < -0.3 is 42.3 Å². The summed E-state index contributed by atoms with van der Waals surface area (Å²) in [5, 5.41) is 20.7. The number of carbonyl (C=O) groups excluding carboxylic acids is 4. The number of aryl methyl sites for hydroxylation is 1. The van der Waals surface area contributed by atoms with E-state index in [9.17, 15) is 24.3 Å². The quantitative estimate of drug-likeness (QED) is 0.0341. The van der Waals surface area contributed by atoms with E-state index in [2.05, 4.69) is 42.7 Å². The second-order valence-electron chi connectivity index (χ2n) is 21.5. The van der Waals surface area contributed by atoms with Crippen molar-refractivity contribution in [2.45, 2.75) is 190 Å². The molecule has 18 heteroatoms. The Hall–Kier alpha value is -4.81. The first-order valence-corrected chi connectivity index (χ1v) is 28.4. The van der Waals surface area contributed by atoms with Gasteiger partial charge in [0, 0.05) is 49.3 Å². The summed E-state index contributed by atoms with van der Waals surface area (Å²) in [6.07, 6.45) is 16.1. The molecule has 2 saturated heterocycles. The van der Waals surface area contributed by atoms with Gasteiger partial charge in [-0.3, -0.25) is 19.2 Å². The number of unbranched alkanes of at least 4 members (excludes halogenated alkanes) is 11. The molecule has 8 N–H and O–H groups in total. The molecule has 398 valence electrons. The van der Waals surface area contributed by atoms with E-state index in [-0.39, 0.29) is 48.2 Å². The van der Waals surface area contributed by atoms with Crippen molar-refractivity contribution in [2.75, 3.05) is 35.6 Å². The van der Waals surface area contributed by atoms with Crippen molar-refractivity contribution < 1.29 is 24.3 Å². The lowest BCUT2D eigenvalue weighted by Gasteiger charge is -2.37. The zero-order valence-corrected chi connectivity index (χ0v) is 46.2. The van der Waals surface area contributed by atoms with E-state index in [1.54, 1.807) is 23.6 Å². The first kappa shape index (κ1) is 57.5. The number of hydrogen-bond acceptors (Lipinski definition) is 13. The van der Waals surface area contributed by atoms with Crippen LogP contribution >= 0.6 is 34.7 Å². The number of aliphatic hydroxyl groups is 1. The Bertz CT molecular complexity index is 2450. The smallest absolute Gasteiger partial charge is 0.246 e. The number of likely N-dealkylation sites (tertiary alicyclic amines) is 1. The normalized spacial score (nSPS) is 17.5. The number of halogens is 1. The number of piperidine rings is 1. The molecule has 0 spiro atoms. The number of anilines is 3. The van der Waals surface area contributed by atoms with Gasteiger partial charge in [-0.25, -0.2) is 15.0 Å². The molecule has 0 saturated carbocycles. The molecule has 2 aromatic heterocycles. The summed E-state index contributed by atoms with van der Waals surface area (Å²) in [6, 6.07) is 11.5. The fourth-order valence-electron chi connectivity index (χ4n) is 9.45. The van der Waals surface area contributed by atoms with Gasteiger partial charge in [0.05, 0.1) is 45.1 Å². The molecule has 0 unspecified atom stereocenters. The Kier molecular flexibility index (Phi) is 21.3. The molecule has 4 heterocycles. The highest BCUT2D eigenvalue weighted by Crippen LogP contribution is 2.39. The molecular weight excluding hydrogens is 980 g/mol. The molecule has 2 aliphatic rings. The lowest BCUT2D eigenvalue weighted by atomic mass is 9.85. The number of rotatable bonds is 25. The third-order valence-electron chi connectivity index (χ3n) is 14.0. The van der Waals surface area contributed by atoms with Crippen LogP contribution in [0.15, 0.2) is 64.1 Å². The van der Waals surface area contributed by atoms with Gasteiger partial charge in [0.15, 0.2) is 5.82 Å². The van der Waals surface area contributed by atoms with Gasteiger partial charge in [-0.2, -0.15) is 0 Å². The van der Waals surface area contributed by atoms with Crippen LogP contribution in [-0.4, -0.2) is 91.9 Å². The Morgan fingerprint density at radius 3 is 2.07 bits per heavy atom. The third kappa shape index (κ3) is 17.1. The van der Waals surface area contributed by atoms with Gasteiger partial charge in [0.2, 0.25) is 23.6 Å². The predicted octanol–water partition coefficient (Wildman–Crippen LogP) is 10.4. The maximum Gasteiger partial charge on any atom is 0.246 e. The molecule has 2 aromatic carbocycles. The standard InChI is InChI=1S/C55H79ClN10O5S2/c1-36(38-24-26-39(27-25-38)48-37(2)60-35-72-48)61-51(70)42-32-40(67)34-66(42)53(71)49(54(3,4)5)64-46(69)23-18-16-14-12-10-8-7-9-11-13-15-17-22-45(68)62-41-20-19-21-43(47(41)56)73-52-50(57)63-44(33-59-52)65-30-28-55(6,58)29-31-65/h19-21,24-27,33,35-36,40,42,49,67H,7-18,22-23,28-32,34,58H2,1-6H3,(H2,57,63)(H,61,70)(H,62,68)(H,64,69)/t36-,40+,42-,49+/m1/s1. The summed E-state index contributed by atoms with van der Waals surface area (Å²) < 4.78 is 0.